The summed E-state index contributed by atoms with van der Waals surface area (Å²) in [5.41, 5.74) is -0.538. The number of amides is 3. The Morgan fingerprint density at radius 1 is 1.44 bits per heavy atom. The highest BCUT2D eigenvalue weighted by Gasteiger charge is 2.53. The molecule has 1 aliphatic carbocycles. The third-order valence-corrected chi connectivity index (χ3v) is 4.31. The van der Waals surface area contributed by atoms with E-state index in [1.165, 1.54) is 6.42 Å². The van der Waals surface area contributed by atoms with Gasteiger partial charge in [0.2, 0.25) is 0 Å². The van der Waals surface area contributed by atoms with E-state index in [0.29, 0.717) is 18.4 Å². The Bertz CT molecular complexity index is 354. The number of hydrogen-bond acceptors (Lipinski definition) is 2. The van der Waals surface area contributed by atoms with Crippen molar-refractivity contribution in [1.29, 1.82) is 0 Å². The second-order valence-corrected chi connectivity index (χ2v) is 6.33. The quantitative estimate of drug-likeness (QED) is 0.785. The maximum Gasteiger partial charge on any atom is 0.325 e. The van der Waals surface area contributed by atoms with Crippen molar-refractivity contribution in [2.24, 2.45) is 11.8 Å². The molecule has 1 saturated heterocycles. The lowest BCUT2D eigenvalue weighted by molar-refractivity contribution is -0.129. The Morgan fingerprint density at radius 3 is 2.78 bits per heavy atom. The van der Waals surface area contributed by atoms with Gasteiger partial charge in [-0.15, -0.1) is 0 Å². The van der Waals surface area contributed by atoms with Crippen molar-refractivity contribution in [3.8, 4) is 0 Å². The molecule has 3 amide bonds. The molecule has 1 heterocycles. The molecule has 2 unspecified atom stereocenters. The first-order valence-corrected chi connectivity index (χ1v) is 7.09. The zero-order valence-corrected chi connectivity index (χ0v) is 11.7. The first kappa shape index (κ1) is 13.4. The third-order valence-electron chi connectivity index (χ3n) is 4.31. The molecule has 0 aromatic carbocycles. The fraction of sp³-hybridized carbons (Fsp3) is 0.857. The Kier molecular flexibility index (Phi) is 3.64. The summed E-state index contributed by atoms with van der Waals surface area (Å²) in [5, 5.41) is 2.52. The van der Waals surface area contributed by atoms with Crippen LogP contribution in [0, 0.1) is 11.8 Å². The Hall–Kier alpha value is -1.06. The van der Waals surface area contributed by atoms with Crippen LogP contribution in [0.3, 0.4) is 0 Å². The lowest BCUT2D eigenvalue weighted by Crippen LogP contribution is -2.52. The van der Waals surface area contributed by atoms with Crippen LogP contribution >= 0.6 is 0 Å². The Morgan fingerprint density at radius 2 is 2.17 bits per heavy atom. The summed E-state index contributed by atoms with van der Waals surface area (Å²) in [4.78, 5) is 26.0. The molecular weight excluding hydrogens is 228 g/mol. The third kappa shape index (κ3) is 2.25. The molecule has 4 nitrogen and oxygen atoms in total. The molecule has 1 spiro atoms. The number of imide groups is 1. The van der Waals surface area contributed by atoms with Gasteiger partial charge in [0.15, 0.2) is 0 Å². The van der Waals surface area contributed by atoms with Gasteiger partial charge in [-0.2, -0.15) is 0 Å². The van der Waals surface area contributed by atoms with Crippen LogP contribution in [0.15, 0.2) is 0 Å². The van der Waals surface area contributed by atoms with Gasteiger partial charge in [0, 0.05) is 6.54 Å². The number of rotatable bonds is 3. The Balaban J connectivity index is 2.18. The second kappa shape index (κ2) is 4.90. The molecule has 0 aromatic heterocycles. The molecule has 0 aromatic rings. The summed E-state index contributed by atoms with van der Waals surface area (Å²) >= 11 is 0. The molecule has 1 N–H and O–H groups in total. The van der Waals surface area contributed by atoms with Crippen molar-refractivity contribution in [3.63, 3.8) is 0 Å². The number of nitrogens with one attached hydrogen (secondary N) is 1. The van der Waals surface area contributed by atoms with Crippen LogP contribution in [0.1, 0.15) is 52.9 Å². The SMILES string of the molecule is CC(C)CCN1C(=O)NC(=O)C12CCCC(C)C2. The maximum atomic E-state index is 12.2. The van der Waals surface area contributed by atoms with Crippen molar-refractivity contribution in [3.05, 3.63) is 0 Å². The van der Waals surface area contributed by atoms with E-state index in [9.17, 15) is 9.59 Å². The van der Waals surface area contributed by atoms with Gasteiger partial charge in [-0.3, -0.25) is 10.1 Å². The molecule has 4 heteroatoms. The molecule has 102 valence electrons. The highest BCUT2D eigenvalue weighted by Crippen LogP contribution is 2.39. The molecule has 18 heavy (non-hydrogen) atoms. The molecule has 1 aliphatic heterocycles. The minimum atomic E-state index is -0.538. The summed E-state index contributed by atoms with van der Waals surface area (Å²) < 4.78 is 0. The average molecular weight is 252 g/mol. The molecular formula is C14H24N2O2. The van der Waals surface area contributed by atoms with Crippen LogP contribution in [0.25, 0.3) is 0 Å². The van der Waals surface area contributed by atoms with Crippen molar-refractivity contribution in [2.75, 3.05) is 6.54 Å². The van der Waals surface area contributed by atoms with E-state index in [-0.39, 0.29) is 11.9 Å². The van der Waals surface area contributed by atoms with Crippen LogP contribution in [0.5, 0.6) is 0 Å². The smallest absolute Gasteiger partial charge is 0.310 e. The van der Waals surface area contributed by atoms with Crippen LogP contribution < -0.4 is 5.32 Å². The first-order valence-electron chi connectivity index (χ1n) is 7.09. The number of urea groups is 1. The van der Waals surface area contributed by atoms with E-state index >= 15 is 0 Å². The summed E-state index contributed by atoms with van der Waals surface area (Å²) in [6.07, 6.45) is 4.81. The normalized spacial score (nSPS) is 32.4. The van der Waals surface area contributed by atoms with Gasteiger partial charge in [0.05, 0.1) is 0 Å². The summed E-state index contributed by atoms with van der Waals surface area (Å²) in [5.74, 6) is 1.01. The van der Waals surface area contributed by atoms with E-state index in [1.807, 2.05) is 4.90 Å². The maximum absolute atomic E-state index is 12.2. The van der Waals surface area contributed by atoms with Crippen molar-refractivity contribution in [1.82, 2.24) is 10.2 Å². The van der Waals surface area contributed by atoms with Crippen LogP contribution in [-0.4, -0.2) is 28.9 Å². The van der Waals surface area contributed by atoms with Gasteiger partial charge in [-0.05, 0) is 31.1 Å². The van der Waals surface area contributed by atoms with Gasteiger partial charge < -0.3 is 4.90 Å². The fourth-order valence-electron chi connectivity index (χ4n) is 3.28. The minimum absolute atomic E-state index is 0.0668. The van der Waals surface area contributed by atoms with Crippen LogP contribution in [-0.2, 0) is 4.79 Å². The Labute approximate surface area is 109 Å². The van der Waals surface area contributed by atoms with Crippen LogP contribution in [0.2, 0.25) is 0 Å². The zero-order chi connectivity index (χ0) is 13.3. The van der Waals surface area contributed by atoms with E-state index in [0.717, 1.165) is 25.7 Å². The van der Waals surface area contributed by atoms with Crippen LogP contribution in [0.4, 0.5) is 4.79 Å². The summed E-state index contributed by atoms with van der Waals surface area (Å²) in [6.45, 7) is 7.16. The van der Waals surface area contributed by atoms with Crippen molar-refractivity contribution >= 4 is 11.9 Å². The molecule has 2 rings (SSSR count). The molecule has 2 aliphatic rings. The summed E-state index contributed by atoms with van der Waals surface area (Å²) in [7, 11) is 0. The topological polar surface area (TPSA) is 49.4 Å². The van der Waals surface area contributed by atoms with Gasteiger partial charge in [0.1, 0.15) is 5.54 Å². The van der Waals surface area contributed by atoms with Gasteiger partial charge in [-0.1, -0.05) is 33.6 Å². The highest BCUT2D eigenvalue weighted by atomic mass is 16.2. The number of carbonyl (C=O) groups is 2. The molecule has 0 bridgehead atoms. The highest BCUT2D eigenvalue weighted by molar-refractivity contribution is 6.07. The lowest BCUT2D eigenvalue weighted by atomic mass is 9.75. The van der Waals surface area contributed by atoms with E-state index in [4.69, 9.17) is 0 Å². The molecule has 2 fully saturated rings. The van der Waals surface area contributed by atoms with Gasteiger partial charge in [0.25, 0.3) is 5.91 Å². The van der Waals surface area contributed by atoms with E-state index in [1.54, 1.807) is 0 Å². The number of hydrogen-bond donors (Lipinski definition) is 1. The predicted octanol–water partition coefficient (Wildman–Crippen LogP) is 2.53. The standard InChI is InChI=1S/C14H24N2O2/c1-10(2)6-8-16-13(18)15-12(17)14(16)7-4-5-11(3)9-14/h10-11H,4-9H2,1-3H3,(H,15,17,18). The number of nitrogens with zero attached hydrogens (tertiary/aromatic N) is 1. The van der Waals surface area contributed by atoms with Gasteiger partial charge in [-0.25, -0.2) is 4.79 Å². The summed E-state index contributed by atoms with van der Waals surface area (Å²) in [6, 6.07) is -0.185. The van der Waals surface area contributed by atoms with E-state index in [2.05, 4.69) is 26.1 Å². The van der Waals surface area contributed by atoms with Crippen molar-refractivity contribution in [2.45, 2.75) is 58.4 Å². The predicted molar refractivity (Wildman–Crippen MR) is 70.1 cm³/mol. The van der Waals surface area contributed by atoms with Crippen molar-refractivity contribution < 1.29 is 9.59 Å². The molecule has 0 radical (unpaired) electrons. The number of carbonyl (C=O) groups excluding carboxylic acids is 2. The lowest BCUT2D eigenvalue weighted by Gasteiger charge is -2.40. The first-order chi connectivity index (χ1) is 8.45. The zero-order valence-electron chi connectivity index (χ0n) is 11.7. The minimum Gasteiger partial charge on any atom is -0.310 e. The second-order valence-electron chi connectivity index (χ2n) is 6.33. The largest absolute Gasteiger partial charge is 0.325 e. The molecule has 2 atom stereocenters. The monoisotopic (exact) mass is 252 g/mol. The molecule has 1 saturated carbocycles. The van der Waals surface area contributed by atoms with Gasteiger partial charge >= 0.3 is 6.03 Å². The van der Waals surface area contributed by atoms with E-state index < -0.39 is 5.54 Å². The average Bonchev–Trinajstić information content (AvgIpc) is 2.48. The fourth-order valence-corrected chi connectivity index (χ4v) is 3.28.